The second-order valence-electron chi connectivity index (χ2n) is 19.0. The average molecular weight is 815 g/mol. The number of hydrogen-bond acceptors (Lipinski definition) is 13. The monoisotopic (exact) mass is 814 g/mol. The third-order valence-electron chi connectivity index (χ3n) is 16.2. The van der Waals surface area contributed by atoms with Crippen molar-refractivity contribution in [3.63, 3.8) is 0 Å². The van der Waals surface area contributed by atoms with E-state index in [9.17, 15) is 35.1 Å². The second kappa shape index (κ2) is 13.3. The molecule has 0 radical (unpaired) electrons. The van der Waals surface area contributed by atoms with E-state index in [0.29, 0.717) is 24.0 Å². The fourth-order valence-corrected chi connectivity index (χ4v) is 13.3. The van der Waals surface area contributed by atoms with Crippen molar-refractivity contribution in [2.75, 3.05) is 6.61 Å². The number of fused-ring (bicyclic) bond motifs is 6. The Hall–Kier alpha value is -3.50. The number of epoxide rings is 1. The van der Waals surface area contributed by atoms with E-state index in [1.807, 2.05) is 38.1 Å². The minimum absolute atomic E-state index is 0.102. The van der Waals surface area contributed by atoms with Crippen LogP contribution in [0.25, 0.3) is 0 Å². The molecule has 19 atom stereocenters. The predicted molar refractivity (Wildman–Crippen MR) is 207 cm³/mol. The minimum atomic E-state index is -2.22. The van der Waals surface area contributed by atoms with E-state index in [1.54, 1.807) is 55.5 Å². The van der Waals surface area contributed by atoms with E-state index in [-0.39, 0.29) is 30.6 Å². The molecular formula is C46H54O13. The number of carbonyl (C=O) groups excluding carboxylic acids is 2. The molecule has 4 aliphatic carbocycles. The lowest BCUT2D eigenvalue weighted by Gasteiger charge is -2.74. The highest BCUT2D eigenvalue weighted by molar-refractivity contribution is 5.89. The average Bonchev–Trinajstić information content (AvgIpc) is 3.79. The van der Waals surface area contributed by atoms with Crippen LogP contribution in [0.5, 0.6) is 0 Å². The fraction of sp³-hybridized carbons (Fsp3) is 0.609. The van der Waals surface area contributed by atoms with E-state index in [2.05, 4.69) is 6.92 Å². The first-order valence-electron chi connectivity index (χ1n) is 21.2. The smallest absolute Gasteiger partial charge is 0.338 e. The lowest BCUT2D eigenvalue weighted by atomic mass is 9.49. The molecule has 0 aromatic heterocycles. The fourth-order valence-electron chi connectivity index (χ4n) is 13.3. The molecule has 13 heteroatoms. The maximum atomic E-state index is 13.7. The maximum absolute atomic E-state index is 13.7. The van der Waals surface area contributed by atoms with Crippen molar-refractivity contribution in [1.82, 2.24) is 0 Å². The number of benzene rings is 2. The number of rotatable bonds is 4. The van der Waals surface area contributed by atoms with Crippen LogP contribution in [0.3, 0.4) is 0 Å². The Balaban J connectivity index is 1.14. The van der Waals surface area contributed by atoms with Gasteiger partial charge in [0.2, 0.25) is 0 Å². The number of allylic oxidation sites excluding steroid dienone is 2. The van der Waals surface area contributed by atoms with E-state index >= 15 is 0 Å². The molecule has 8 fully saturated rings. The summed E-state index contributed by atoms with van der Waals surface area (Å²) in [6.45, 7) is 6.66. The second-order valence-corrected chi connectivity index (χ2v) is 19.0. The summed E-state index contributed by atoms with van der Waals surface area (Å²) >= 11 is 0. The summed E-state index contributed by atoms with van der Waals surface area (Å²) in [6, 6.07) is 17.7. The molecule has 6 heterocycles. The lowest BCUT2D eigenvalue weighted by Crippen LogP contribution is -2.89. The summed E-state index contributed by atoms with van der Waals surface area (Å²) in [5, 5.41) is 63.4. The normalized spacial score (nSPS) is 52.2. The Kier molecular flexibility index (Phi) is 8.90. The van der Waals surface area contributed by atoms with Gasteiger partial charge in [0.15, 0.2) is 0 Å². The van der Waals surface area contributed by atoms with Crippen LogP contribution < -0.4 is 0 Å². The van der Waals surface area contributed by atoms with Gasteiger partial charge in [-0.3, -0.25) is 0 Å². The molecule has 2 aromatic rings. The standard InChI is InChI=1S/C46H54O13/c1-24-21-32-43(52)35(24)55-33(48)18-12-11-17-31(54-39(49)27-13-7-5-8-14-27)30-20-19-28(25(30)2)22-41(4,51)45(53)36-26(3)44(32)34(37-42(23-47,56-37)40(43)50)38(45)58-46(57-36,59-44)29-15-9-6-10-16-29/h5-18,24-26,28,30-32,34-38,40,47,50-53H,19-23H2,1-4H3/b17-11?,18-12+. The van der Waals surface area contributed by atoms with Crippen LogP contribution in [-0.2, 0) is 39.2 Å². The molecular weight excluding hydrogens is 760 g/mol. The van der Waals surface area contributed by atoms with Crippen LogP contribution in [-0.4, -0.2) is 109 Å². The van der Waals surface area contributed by atoms with Crippen LogP contribution >= 0.6 is 0 Å². The van der Waals surface area contributed by atoms with Crippen molar-refractivity contribution < 1.29 is 63.5 Å². The zero-order valence-electron chi connectivity index (χ0n) is 33.6. The molecule has 12 rings (SSSR count). The highest BCUT2D eigenvalue weighted by Crippen LogP contribution is 2.75. The predicted octanol–water partition coefficient (Wildman–Crippen LogP) is 3.31. The minimum Gasteiger partial charge on any atom is -0.456 e. The molecule has 2 aromatic carbocycles. The quantitative estimate of drug-likeness (QED) is 0.223. The number of hydrogen-bond donors (Lipinski definition) is 5. The first-order chi connectivity index (χ1) is 28.1. The van der Waals surface area contributed by atoms with Crippen molar-refractivity contribution in [1.29, 1.82) is 0 Å². The molecule has 0 amide bonds. The Labute approximate surface area is 342 Å². The highest BCUT2D eigenvalue weighted by Gasteiger charge is 2.91. The molecule has 4 saturated heterocycles. The number of aliphatic hydroxyl groups is 5. The van der Waals surface area contributed by atoms with E-state index in [0.717, 1.165) is 0 Å². The Morgan fingerprint density at radius 1 is 0.881 bits per heavy atom. The molecule has 19 unspecified atom stereocenters. The number of carbonyl (C=O) groups is 2. The summed E-state index contributed by atoms with van der Waals surface area (Å²) in [5.41, 5.74) is -8.50. The Morgan fingerprint density at radius 3 is 2.29 bits per heavy atom. The van der Waals surface area contributed by atoms with Crippen LogP contribution in [0.1, 0.15) is 69.3 Å². The highest BCUT2D eigenvalue weighted by atomic mass is 16.9. The molecule has 13 nitrogen and oxygen atoms in total. The van der Waals surface area contributed by atoms with Crippen LogP contribution in [0, 0.1) is 41.4 Å². The zero-order valence-corrected chi connectivity index (χ0v) is 33.6. The molecule has 1 spiro atoms. The molecule has 6 aliphatic heterocycles. The number of ether oxygens (including phenoxy) is 6. The summed E-state index contributed by atoms with van der Waals surface area (Å²) in [7, 11) is 0. The molecule has 4 saturated carbocycles. The summed E-state index contributed by atoms with van der Waals surface area (Å²) < 4.78 is 39.7. The van der Waals surface area contributed by atoms with Crippen molar-refractivity contribution in [2.24, 2.45) is 41.4 Å². The largest absolute Gasteiger partial charge is 0.456 e. The summed E-state index contributed by atoms with van der Waals surface area (Å²) in [4.78, 5) is 27.2. The van der Waals surface area contributed by atoms with Gasteiger partial charge in [0, 0.05) is 35.3 Å². The van der Waals surface area contributed by atoms with Crippen molar-refractivity contribution in [3.05, 3.63) is 96.1 Å². The molecule has 316 valence electrons. The van der Waals surface area contributed by atoms with E-state index in [4.69, 9.17) is 28.4 Å². The Bertz CT molecular complexity index is 2060. The molecule has 59 heavy (non-hydrogen) atoms. The van der Waals surface area contributed by atoms with Crippen LogP contribution in [0.4, 0.5) is 0 Å². The third kappa shape index (κ3) is 5.17. The van der Waals surface area contributed by atoms with Crippen LogP contribution in [0.15, 0.2) is 85.0 Å². The zero-order chi connectivity index (χ0) is 41.5. The van der Waals surface area contributed by atoms with Gasteiger partial charge in [-0.15, -0.1) is 0 Å². The SMILES string of the molecule is CC1CC2C3(O)C1OC(=O)/C=C/C=CC(OC(=O)c1ccccc1)C1CCC(CC(C)(O)C4(O)C5OC6(c7ccccc7)OC4C(C4OC4(CO)C3O)C2(O6)C5C)C1C. The first kappa shape index (κ1) is 39.6. The summed E-state index contributed by atoms with van der Waals surface area (Å²) in [5.74, 6) is -6.79. The third-order valence-corrected chi connectivity index (χ3v) is 16.2. The van der Waals surface area contributed by atoms with Gasteiger partial charge in [-0.25, -0.2) is 9.59 Å². The van der Waals surface area contributed by atoms with E-state index in [1.165, 1.54) is 12.2 Å². The first-order valence-corrected chi connectivity index (χ1v) is 21.2. The van der Waals surface area contributed by atoms with Gasteiger partial charge in [-0.1, -0.05) is 81.5 Å². The molecule has 11 bridgehead atoms. The van der Waals surface area contributed by atoms with Crippen molar-refractivity contribution >= 4 is 11.9 Å². The Morgan fingerprint density at radius 2 is 1.58 bits per heavy atom. The summed E-state index contributed by atoms with van der Waals surface area (Å²) in [6.07, 6.45) is 0.608. The maximum Gasteiger partial charge on any atom is 0.338 e. The van der Waals surface area contributed by atoms with Gasteiger partial charge < -0.3 is 54.0 Å². The van der Waals surface area contributed by atoms with Crippen molar-refractivity contribution in [3.8, 4) is 0 Å². The van der Waals surface area contributed by atoms with Gasteiger partial charge in [0.1, 0.15) is 53.4 Å². The van der Waals surface area contributed by atoms with Crippen LogP contribution in [0.2, 0.25) is 0 Å². The van der Waals surface area contributed by atoms with Gasteiger partial charge in [0.05, 0.1) is 23.4 Å². The van der Waals surface area contributed by atoms with Gasteiger partial charge in [-0.2, -0.15) is 0 Å². The lowest BCUT2D eigenvalue weighted by molar-refractivity contribution is -0.595. The number of aliphatic hydroxyl groups excluding tert-OH is 2. The topological polar surface area (TPSA) is 194 Å². The van der Waals surface area contributed by atoms with E-state index < -0.39 is 113 Å². The molecule has 10 aliphatic rings. The van der Waals surface area contributed by atoms with Crippen molar-refractivity contribution in [2.45, 2.75) is 124 Å². The van der Waals surface area contributed by atoms with Gasteiger partial charge >= 0.3 is 17.9 Å². The van der Waals surface area contributed by atoms with Gasteiger partial charge in [0.25, 0.3) is 0 Å². The number of esters is 2. The molecule has 5 N–H and O–H groups in total. The van der Waals surface area contributed by atoms with Gasteiger partial charge in [-0.05, 0) is 68.6 Å².